The molecule has 11 heteroatoms. The van der Waals surface area contributed by atoms with Crippen LogP contribution in [-0.4, -0.2) is 69.3 Å². The Morgan fingerprint density at radius 3 is 1.92 bits per heavy atom. The summed E-state index contributed by atoms with van der Waals surface area (Å²) in [5, 5.41) is 5.28. The van der Waals surface area contributed by atoms with E-state index in [-0.39, 0.29) is 5.75 Å². The van der Waals surface area contributed by atoms with Crippen molar-refractivity contribution in [1.82, 2.24) is 10.6 Å². The number of carbonyl (C=O) groups excluding carboxylic acids is 3. The average molecular weight is 563 g/mol. The molecule has 2 rings (SSSR count). The molecule has 1 unspecified atom stereocenters. The van der Waals surface area contributed by atoms with Crippen molar-refractivity contribution in [3.63, 3.8) is 0 Å². The van der Waals surface area contributed by atoms with Crippen LogP contribution < -0.4 is 15.4 Å². The highest BCUT2D eigenvalue weighted by Crippen LogP contribution is 2.23. The van der Waals surface area contributed by atoms with Crippen molar-refractivity contribution in [3.05, 3.63) is 54.1 Å². The molecule has 0 heterocycles. The SMILES string of the molecule is COC(=O)C(NC(=O)c1ccc(-c2ccc(OCCCS(C)(=O)=O)cc2)cc1)C(C)(C)NC(=O)OC(C)(C)C. The largest absolute Gasteiger partial charge is 0.494 e. The minimum absolute atomic E-state index is 0.0726. The first-order chi connectivity index (χ1) is 18.0. The number of methoxy groups -OCH3 is 1. The van der Waals surface area contributed by atoms with Crippen LogP contribution in [0.25, 0.3) is 11.1 Å². The van der Waals surface area contributed by atoms with Crippen LogP contribution in [-0.2, 0) is 24.1 Å². The summed E-state index contributed by atoms with van der Waals surface area (Å²) in [6.07, 6.45) is 0.874. The molecular formula is C28H38N2O8S. The fraction of sp³-hybridized carbons (Fsp3) is 0.464. The summed E-state index contributed by atoms with van der Waals surface area (Å²) in [6.45, 7) is 8.62. The van der Waals surface area contributed by atoms with Gasteiger partial charge >= 0.3 is 12.1 Å². The predicted octanol–water partition coefficient (Wildman–Crippen LogP) is 3.74. The third-order valence-electron chi connectivity index (χ3n) is 5.52. The van der Waals surface area contributed by atoms with E-state index in [4.69, 9.17) is 14.2 Å². The number of alkyl carbamates (subject to hydrolysis) is 1. The molecule has 2 aromatic rings. The summed E-state index contributed by atoms with van der Waals surface area (Å²) in [7, 11) is -1.81. The van der Waals surface area contributed by atoms with E-state index in [0.29, 0.717) is 24.3 Å². The van der Waals surface area contributed by atoms with Crippen molar-refractivity contribution in [3.8, 4) is 16.9 Å². The molecule has 0 bridgehead atoms. The molecular weight excluding hydrogens is 524 g/mol. The lowest BCUT2D eigenvalue weighted by Crippen LogP contribution is -2.62. The van der Waals surface area contributed by atoms with E-state index in [1.807, 2.05) is 12.1 Å². The highest BCUT2D eigenvalue weighted by atomic mass is 32.2. The number of hydrogen-bond acceptors (Lipinski definition) is 8. The normalized spacial score (nSPS) is 12.7. The highest BCUT2D eigenvalue weighted by molar-refractivity contribution is 7.90. The minimum atomic E-state index is -3.02. The standard InChI is InChI=1S/C28H38N2O8S/c1-27(2,3)38-26(33)30-28(4,5)23(25(32)36-6)29-24(31)21-11-9-19(10-12-21)20-13-15-22(16-14-20)37-17-8-18-39(7,34)35/h9-16,23H,8,17-18H2,1-7H3,(H,29,31)(H,30,33). The summed E-state index contributed by atoms with van der Waals surface area (Å²) in [5.41, 5.74) is 0.0950. The molecule has 0 aliphatic rings. The van der Waals surface area contributed by atoms with Gasteiger partial charge in [0, 0.05) is 11.8 Å². The maximum Gasteiger partial charge on any atom is 0.408 e. The second kappa shape index (κ2) is 13.0. The second-order valence-corrected chi connectivity index (χ2v) is 13.0. The number of carbonyl (C=O) groups is 3. The molecule has 2 N–H and O–H groups in total. The lowest BCUT2D eigenvalue weighted by atomic mass is 9.94. The number of benzene rings is 2. The number of ether oxygens (including phenoxy) is 3. The maximum atomic E-state index is 13.0. The van der Waals surface area contributed by atoms with Crippen LogP contribution in [0.3, 0.4) is 0 Å². The Morgan fingerprint density at radius 1 is 0.897 bits per heavy atom. The number of sulfone groups is 1. The van der Waals surface area contributed by atoms with Crippen LogP contribution in [0.4, 0.5) is 4.79 Å². The third-order valence-corrected chi connectivity index (χ3v) is 6.55. The highest BCUT2D eigenvalue weighted by Gasteiger charge is 2.40. The Balaban J connectivity index is 2.07. The van der Waals surface area contributed by atoms with E-state index in [1.165, 1.54) is 13.4 Å². The molecule has 0 aliphatic carbocycles. The smallest absolute Gasteiger partial charge is 0.408 e. The first-order valence-electron chi connectivity index (χ1n) is 12.4. The van der Waals surface area contributed by atoms with Gasteiger partial charge < -0.3 is 24.8 Å². The van der Waals surface area contributed by atoms with Crippen molar-refractivity contribution in [2.75, 3.05) is 25.7 Å². The summed E-state index contributed by atoms with van der Waals surface area (Å²) in [4.78, 5) is 37.8. The molecule has 39 heavy (non-hydrogen) atoms. The Labute approximate surface area is 230 Å². The zero-order valence-electron chi connectivity index (χ0n) is 23.5. The summed E-state index contributed by atoms with van der Waals surface area (Å²) in [5.74, 6) is -0.545. The van der Waals surface area contributed by atoms with Gasteiger partial charge in [0.05, 0.1) is 25.0 Å². The van der Waals surface area contributed by atoms with Gasteiger partial charge in [-0.05, 0) is 76.4 Å². The Bertz CT molecular complexity index is 1250. The van der Waals surface area contributed by atoms with Gasteiger partial charge in [-0.1, -0.05) is 24.3 Å². The van der Waals surface area contributed by atoms with Gasteiger partial charge in [-0.3, -0.25) is 4.79 Å². The van der Waals surface area contributed by atoms with Crippen LogP contribution >= 0.6 is 0 Å². The van der Waals surface area contributed by atoms with E-state index in [0.717, 1.165) is 11.1 Å². The molecule has 2 aromatic carbocycles. The lowest BCUT2D eigenvalue weighted by molar-refractivity contribution is -0.144. The first-order valence-corrected chi connectivity index (χ1v) is 14.5. The molecule has 0 spiro atoms. The summed E-state index contributed by atoms with van der Waals surface area (Å²) < 4.78 is 38.2. The number of nitrogens with one attached hydrogen (secondary N) is 2. The molecule has 2 amide bonds. The zero-order valence-corrected chi connectivity index (χ0v) is 24.3. The van der Waals surface area contributed by atoms with E-state index in [2.05, 4.69) is 10.6 Å². The fourth-order valence-electron chi connectivity index (χ4n) is 3.57. The van der Waals surface area contributed by atoms with Gasteiger partial charge in [0.15, 0.2) is 0 Å². The number of amides is 2. The molecule has 0 saturated carbocycles. The van der Waals surface area contributed by atoms with Gasteiger partial charge in [0.2, 0.25) is 0 Å². The number of hydrogen-bond donors (Lipinski definition) is 2. The summed E-state index contributed by atoms with van der Waals surface area (Å²) >= 11 is 0. The number of rotatable bonds is 11. The van der Waals surface area contributed by atoms with Gasteiger partial charge in [-0.15, -0.1) is 0 Å². The quantitative estimate of drug-likeness (QED) is 0.312. The lowest BCUT2D eigenvalue weighted by Gasteiger charge is -2.34. The minimum Gasteiger partial charge on any atom is -0.494 e. The van der Waals surface area contributed by atoms with Gasteiger partial charge in [-0.2, -0.15) is 0 Å². The maximum absolute atomic E-state index is 13.0. The van der Waals surface area contributed by atoms with Gasteiger partial charge in [-0.25, -0.2) is 18.0 Å². The van der Waals surface area contributed by atoms with E-state index < -0.39 is 45.0 Å². The average Bonchev–Trinajstić information content (AvgIpc) is 2.83. The van der Waals surface area contributed by atoms with Crippen molar-refractivity contribution >= 4 is 27.8 Å². The van der Waals surface area contributed by atoms with Crippen molar-refractivity contribution in [1.29, 1.82) is 0 Å². The van der Waals surface area contributed by atoms with Crippen LogP contribution in [0.15, 0.2) is 48.5 Å². The second-order valence-electron chi connectivity index (χ2n) is 10.7. The Kier molecular flexibility index (Phi) is 10.5. The van der Waals surface area contributed by atoms with Crippen LogP contribution in [0.2, 0.25) is 0 Å². The topological polar surface area (TPSA) is 137 Å². The molecule has 0 aliphatic heterocycles. The molecule has 214 valence electrons. The predicted molar refractivity (Wildman–Crippen MR) is 148 cm³/mol. The monoisotopic (exact) mass is 562 g/mol. The first kappa shape index (κ1) is 31.6. The molecule has 0 saturated heterocycles. The molecule has 1 atom stereocenters. The van der Waals surface area contributed by atoms with Crippen molar-refractivity contribution < 1.29 is 37.0 Å². The van der Waals surface area contributed by atoms with E-state index >= 15 is 0 Å². The molecule has 10 nitrogen and oxygen atoms in total. The third kappa shape index (κ3) is 10.6. The summed E-state index contributed by atoms with van der Waals surface area (Å²) in [6, 6.07) is 12.9. The van der Waals surface area contributed by atoms with Crippen molar-refractivity contribution in [2.24, 2.45) is 0 Å². The van der Waals surface area contributed by atoms with Crippen molar-refractivity contribution in [2.45, 2.75) is 58.2 Å². The van der Waals surface area contributed by atoms with Gasteiger partial charge in [0.25, 0.3) is 5.91 Å². The number of esters is 1. The molecule has 0 fully saturated rings. The van der Waals surface area contributed by atoms with Crippen LogP contribution in [0, 0.1) is 0 Å². The molecule has 0 radical (unpaired) electrons. The zero-order chi connectivity index (χ0) is 29.4. The molecule has 0 aromatic heterocycles. The van der Waals surface area contributed by atoms with E-state index in [1.54, 1.807) is 71.0 Å². The Hall–Kier alpha value is -3.60. The van der Waals surface area contributed by atoms with Gasteiger partial charge in [0.1, 0.15) is 27.2 Å². The van der Waals surface area contributed by atoms with Crippen LogP contribution in [0.1, 0.15) is 51.4 Å². The van der Waals surface area contributed by atoms with Crippen LogP contribution in [0.5, 0.6) is 5.75 Å². The van der Waals surface area contributed by atoms with E-state index in [9.17, 15) is 22.8 Å². The fourth-order valence-corrected chi connectivity index (χ4v) is 4.22. The Morgan fingerprint density at radius 2 is 1.44 bits per heavy atom.